The Morgan fingerprint density at radius 1 is 1.33 bits per heavy atom. The molecule has 0 aliphatic carbocycles. The Morgan fingerprint density at radius 2 is 2.10 bits per heavy atom. The van der Waals surface area contributed by atoms with E-state index in [1.54, 1.807) is 13.2 Å². The third-order valence-electron chi connectivity index (χ3n) is 3.38. The van der Waals surface area contributed by atoms with Gasteiger partial charge in [-0.1, -0.05) is 6.92 Å². The molecule has 1 aromatic heterocycles. The summed E-state index contributed by atoms with van der Waals surface area (Å²) in [6, 6.07) is 3.03. The number of halogens is 3. The van der Waals surface area contributed by atoms with E-state index in [1.165, 1.54) is 6.07 Å². The van der Waals surface area contributed by atoms with Crippen LogP contribution in [-0.4, -0.2) is 49.8 Å². The van der Waals surface area contributed by atoms with Crippen LogP contribution in [0.5, 0.6) is 5.88 Å². The summed E-state index contributed by atoms with van der Waals surface area (Å²) in [6.45, 7) is 3.01. The molecule has 1 saturated heterocycles. The normalized spacial score (nSPS) is 22.6. The topological polar surface area (TPSA) is 47.5 Å². The van der Waals surface area contributed by atoms with E-state index in [2.05, 4.69) is 21.9 Å². The lowest BCUT2D eigenvalue weighted by Gasteiger charge is -2.23. The van der Waals surface area contributed by atoms with E-state index in [0.717, 1.165) is 19.5 Å². The second-order valence-electron chi connectivity index (χ2n) is 5.55. The Morgan fingerprint density at radius 3 is 2.67 bits per heavy atom. The molecule has 8 heteroatoms. The van der Waals surface area contributed by atoms with Gasteiger partial charge in [0, 0.05) is 31.7 Å². The van der Waals surface area contributed by atoms with Gasteiger partial charge in [0.15, 0.2) is 12.4 Å². The third-order valence-corrected chi connectivity index (χ3v) is 3.38. The van der Waals surface area contributed by atoms with E-state index < -0.39 is 12.8 Å². The molecule has 118 valence electrons. The molecule has 5 nitrogen and oxygen atoms in total. The van der Waals surface area contributed by atoms with E-state index in [1.807, 2.05) is 4.90 Å². The van der Waals surface area contributed by atoms with Crippen LogP contribution < -0.4 is 9.64 Å². The summed E-state index contributed by atoms with van der Waals surface area (Å²) in [5.41, 5.74) is 0.0574. The van der Waals surface area contributed by atoms with Crippen LogP contribution in [0, 0.1) is 5.41 Å². The van der Waals surface area contributed by atoms with Crippen molar-refractivity contribution in [1.29, 1.82) is 0 Å². The molecule has 0 aromatic carbocycles. The highest BCUT2D eigenvalue weighted by molar-refractivity contribution is 5.40. The Balaban J connectivity index is 1.94. The zero-order valence-corrected chi connectivity index (χ0v) is 12.0. The third kappa shape index (κ3) is 4.45. The van der Waals surface area contributed by atoms with Gasteiger partial charge in [0.1, 0.15) is 0 Å². The van der Waals surface area contributed by atoms with Crippen LogP contribution in [0.25, 0.3) is 0 Å². The molecule has 1 aromatic rings. The second-order valence-corrected chi connectivity index (χ2v) is 5.55. The molecule has 1 atom stereocenters. The molecular weight excluding hydrogens is 287 g/mol. The van der Waals surface area contributed by atoms with E-state index in [9.17, 15) is 13.2 Å². The number of alkyl halides is 3. The molecule has 0 saturated carbocycles. The number of ether oxygens (including phenoxy) is 2. The van der Waals surface area contributed by atoms with Crippen molar-refractivity contribution in [2.75, 3.05) is 38.3 Å². The molecule has 0 bridgehead atoms. The fourth-order valence-electron chi connectivity index (χ4n) is 2.40. The van der Waals surface area contributed by atoms with E-state index in [0.29, 0.717) is 12.4 Å². The lowest BCUT2D eigenvalue weighted by molar-refractivity contribution is -0.154. The van der Waals surface area contributed by atoms with Crippen LogP contribution in [-0.2, 0) is 4.74 Å². The van der Waals surface area contributed by atoms with Crippen LogP contribution in [0.4, 0.5) is 19.0 Å². The van der Waals surface area contributed by atoms with Crippen LogP contribution >= 0.6 is 0 Å². The predicted octanol–water partition coefficient (Wildman–Crippen LogP) is 2.28. The van der Waals surface area contributed by atoms with Gasteiger partial charge in [0.2, 0.25) is 5.88 Å². The molecule has 1 aliphatic rings. The highest BCUT2D eigenvalue weighted by Crippen LogP contribution is 2.32. The van der Waals surface area contributed by atoms with Gasteiger partial charge >= 0.3 is 6.18 Å². The molecule has 0 amide bonds. The number of methoxy groups -OCH3 is 1. The molecule has 0 N–H and O–H groups in total. The van der Waals surface area contributed by atoms with Gasteiger partial charge in [-0.25, -0.2) is 0 Å². The van der Waals surface area contributed by atoms with Crippen LogP contribution in [0.2, 0.25) is 0 Å². The number of aromatic nitrogens is 2. The maximum absolute atomic E-state index is 12.0. The van der Waals surface area contributed by atoms with Crippen molar-refractivity contribution in [1.82, 2.24) is 10.2 Å². The minimum atomic E-state index is -4.38. The van der Waals surface area contributed by atoms with Crippen molar-refractivity contribution < 1.29 is 22.6 Å². The lowest BCUT2D eigenvalue weighted by atomic mass is 9.91. The molecular formula is C13H18F3N3O2. The Labute approximate surface area is 121 Å². The zero-order chi connectivity index (χ0) is 15.5. The Kier molecular flexibility index (Phi) is 4.55. The van der Waals surface area contributed by atoms with Crippen LogP contribution in [0.3, 0.4) is 0 Å². The fraction of sp³-hybridized carbons (Fsp3) is 0.692. The first kappa shape index (κ1) is 15.8. The van der Waals surface area contributed by atoms with Gasteiger partial charge in [-0.2, -0.15) is 13.2 Å². The maximum Gasteiger partial charge on any atom is 0.422 e. The van der Waals surface area contributed by atoms with Gasteiger partial charge in [-0.15, -0.1) is 10.2 Å². The summed E-state index contributed by atoms with van der Waals surface area (Å²) in [5.74, 6) is 0.504. The number of anilines is 1. The summed E-state index contributed by atoms with van der Waals surface area (Å²) >= 11 is 0. The molecule has 2 rings (SSSR count). The molecule has 1 unspecified atom stereocenters. The average Bonchev–Trinajstić information content (AvgIpc) is 2.79. The summed E-state index contributed by atoms with van der Waals surface area (Å²) in [5, 5.41) is 7.60. The highest BCUT2D eigenvalue weighted by Gasteiger charge is 2.34. The zero-order valence-electron chi connectivity index (χ0n) is 12.0. The van der Waals surface area contributed by atoms with E-state index >= 15 is 0 Å². The van der Waals surface area contributed by atoms with Crippen molar-refractivity contribution >= 4 is 5.82 Å². The molecule has 0 radical (unpaired) electrons. The van der Waals surface area contributed by atoms with Crippen LogP contribution in [0.15, 0.2) is 12.1 Å². The minimum Gasteiger partial charge on any atom is -0.467 e. The number of hydrogen-bond acceptors (Lipinski definition) is 5. The minimum absolute atomic E-state index is 0.0574. The number of rotatable bonds is 5. The van der Waals surface area contributed by atoms with E-state index in [-0.39, 0.29) is 11.3 Å². The van der Waals surface area contributed by atoms with Crippen LogP contribution in [0.1, 0.15) is 13.3 Å². The van der Waals surface area contributed by atoms with Crippen molar-refractivity contribution in [2.24, 2.45) is 5.41 Å². The fourth-order valence-corrected chi connectivity index (χ4v) is 2.40. The van der Waals surface area contributed by atoms with Gasteiger partial charge in [0.25, 0.3) is 0 Å². The second kappa shape index (κ2) is 6.05. The van der Waals surface area contributed by atoms with Gasteiger partial charge < -0.3 is 14.4 Å². The molecule has 1 aliphatic heterocycles. The smallest absolute Gasteiger partial charge is 0.422 e. The largest absolute Gasteiger partial charge is 0.467 e. The predicted molar refractivity (Wildman–Crippen MR) is 70.4 cm³/mol. The average molecular weight is 305 g/mol. The maximum atomic E-state index is 12.0. The van der Waals surface area contributed by atoms with Crippen molar-refractivity contribution in [3.05, 3.63) is 12.1 Å². The van der Waals surface area contributed by atoms with Gasteiger partial charge in [-0.3, -0.25) is 0 Å². The molecule has 21 heavy (non-hydrogen) atoms. The van der Waals surface area contributed by atoms with Gasteiger partial charge in [-0.05, 0) is 12.5 Å². The quantitative estimate of drug-likeness (QED) is 0.835. The summed E-state index contributed by atoms with van der Waals surface area (Å²) in [7, 11) is 1.67. The number of hydrogen-bond donors (Lipinski definition) is 0. The summed E-state index contributed by atoms with van der Waals surface area (Å²) in [4.78, 5) is 2.04. The lowest BCUT2D eigenvalue weighted by Crippen LogP contribution is -2.28. The monoisotopic (exact) mass is 305 g/mol. The van der Waals surface area contributed by atoms with Crippen molar-refractivity contribution in [3.63, 3.8) is 0 Å². The number of nitrogens with zero attached hydrogens (tertiary/aromatic N) is 3. The van der Waals surface area contributed by atoms with Crippen molar-refractivity contribution in [2.45, 2.75) is 19.5 Å². The first-order valence-electron chi connectivity index (χ1n) is 6.58. The first-order valence-corrected chi connectivity index (χ1v) is 6.58. The highest BCUT2D eigenvalue weighted by atomic mass is 19.4. The SMILES string of the molecule is COCC1(C)CCN(c2ccc(OCC(F)(F)F)nn2)C1. The summed E-state index contributed by atoms with van der Waals surface area (Å²) < 4.78 is 45.8. The van der Waals surface area contributed by atoms with Gasteiger partial charge in [0.05, 0.1) is 6.61 Å². The molecule has 2 heterocycles. The molecule has 1 fully saturated rings. The molecule has 0 spiro atoms. The van der Waals surface area contributed by atoms with E-state index in [4.69, 9.17) is 4.74 Å². The standard InChI is InChI=1S/C13H18F3N3O2/c1-12(8-20-2)5-6-19(7-12)10-3-4-11(18-17-10)21-9-13(14,15)16/h3-4H,5-9H2,1-2H3. The first-order chi connectivity index (χ1) is 9.81. The Bertz CT molecular complexity index is 467. The van der Waals surface area contributed by atoms with Crippen molar-refractivity contribution in [3.8, 4) is 5.88 Å². The Hall–Kier alpha value is -1.57. The summed E-state index contributed by atoms with van der Waals surface area (Å²) in [6.07, 6.45) is -3.41.